The standard InChI is InChI=1S/C17H27N3O/c1-2-14-7-10-20(11-8-14)12-9-17(21)19-16-5-3-15(13-18)4-6-16/h3-6,14H,2,7-13,18H2,1H3,(H,19,21). The van der Waals surface area contributed by atoms with Crippen LogP contribution < -0.4 is 11.1 Å². The molecule has 1 aromatic rings. The molecule has 3 N–H and O–H groups in total. The molecule has 1 aliphatic rings. The third kappa shape index (κ3) is 5.14. The van der Waals surface area contributed by atoms with Crippen LogP contribution in [0.5, 0.6) is 0 Å². The number of rotatable bonds is 6. The molecular formula is C17H27N3O. The lowest BCUT2D eigenvalue weighted by molar-refractivity contribution is -0.116. The normalized spacial score (nSPS) is 16.9. The Morgan fingerprint density at radius 1 is 1.29 bits per heavy atom. The van der Waals surface area contributed by atoms with Crippen LogP contribution in [0.3, 0.4) is 0 Å². The molecule has 0 aromatic heterocycles. The number of nitrogens with one attached hydrogen (secondary N) is 1. The molecule has 4 heteroatoms. The fourth-order valence-corrected chi connectivity index (χ4v) is 2.83. The van der Waals surface area contributed by atoms with E-state index in [2.05, 4.69) is 17.1 Å². The molecule has 1 saturated heterocycles. The fraction of sp³-hybridized carbons (Fsp3) is 0.588. The third-order valence-electron chi connectivity index (χ3n) is 4.41. The Morgan fingerprint density at radius 2 is 1.95 bits per heavy atom. The van der Waals surface area contributed by atoms with Gasteiger partial charge in [-0.05, 0) is 49.5 Å². The molecule has 0 spiro atoms. The molecule has 0 aliphatic carbocycles. The highest BCUT2D eigenvalue weighted by molar-refractivity contribution is 5.90. The molecule has 0 atom stereocenters. The predicted molar refractivity (Wildman–Crippen MR) is 87.0 cm³/mol. The van der Waals surface area contributed by atoms with Crippen molar-refractivity contribution in [3.63, 3.8) is 0 Å². The molecule has 0 saturated carbocycles. The van der Waals surface area contributed by atoms with Crippen molar-refractivity contribution in [1.82, 2.24) is 4.90 Å². The minimum absolute atomic E-state index is 0.0908. The van der Waals surface area contributed by atoms with Gasteiger partial charge in [0.05, 0.1) is 0 Å². The van der Waals surface area contributed by atoms with Crippen LogP contribution in [-0.4, -0.2) is 30.4 Å². The maximum atomic E-state index is 12.0. The van der Waals surface area contributed by atoms with Crippen LogP contribution in [0, 0.1) is 5.92 Å². The van der Waals surface area contributed by atoms with Crippen LogP contribution in [0.15, 0.2) is 24.3 Å². The van der Waals surface area contributed by atoms with E-state index >= 15 is 0 Å². The topological polar surface area (TPSA) is 58.4 Å². The van der Waals surface area contributed by atoms with Gasteiger partial charge in [-0.2, -0.15) is 0 Å². The number of carbonyl (C=O) groups is 1. The Labute approximate surface area is 127 Å². The molecule has 1 aliphatic heterocycles. The summed E-state index contributed by atoms with van der Waals surface area (Å²) >= 11 is 0. The number of hydrogen-bond acceptors (Lipinski definition) is 3. The number of benzene rings is 1. The highest BCUT2D eigenvalue weighted by Crippen LogP contribution is 2.19. The Balaban J connectivity index is 1.69. The van der Waals surface area contributed by atoms with Gasteiger partial charge in [0, 0.05) is 25.2 Å². The Hall–Kier alpha value is -1.39. The summed E-state index contributed by atoms with van der Waals surface area (Å²) < 4.78 is 0. The summed E-state index contributed by atoms with van der Waals surface area (Å²) in [4.78, 5) is 14.4. The molecule has 1 amide bonds. The van der Waals surface area contributed by atoms with Crippen molar-refractivity contribution < 1.29 is 4.79 Å². The fourth-order valence-electron chi connectivity index (χ4n) is 2.83. The zero-order chi connectivity index (χ0) is 15.1. The van der Waals surface area contributed by atoms with Gasteiger partial charge >= 0.3 is 0 Å². The van der Waals surface area contributed by atoms with Crippen molar-refractivity contribution in [3.8, 4) is 0 Å². The summed E-state index contributed by atoms with van der Waals surface area (Å²) in [5.74, 6) is 0.976. The van der Waals surface area contributed by atoms with E-state index in [1.807, 2.05) is 24.3 Å². The lowest BCUT2D eigenvalue weighted by Gasteiger charge is -2.31. The monoisotopic (exact) mass is 289 g/mol. The number of piperidine rings is 1. The summed E-state index contributed by atoms with van der Waals surface area (Å²) in [7, 11) is 0. The van der Waals surface area contributed by atoms with E-state index in [-0.39, 0.29) is 5.91 Å². The van der Waals surface area contributed by atoms with Gasteiger partial charge in [0.15, 0.2) is 0 Å². The number of hydrogen-bond donors (Lipinski definition) is 2. The molecule has 0 bridgehead atoms. The summed E-state index contributed by atoms with van der Waals surface area (Å²) in [6.07, 6.45) is 4.40. The van der Waals surface area contributed by atoms with Gasteiger partial charge in [0.2, 0.25) is 5.91 Å². The number of amides is 1. The summed E-state index contributed by atoms with van der Waals surface area (Å²) in [5, 5.41) is 2.95. The number of nitrogens with zero attached hydrogens (tertiary/aromatic N) is 1. The van der Waals surface area contributed by atoms with Gasteiger partial charge in [-0.1, -0.05) is 25.5 Å². The van der Waals surface area contributed by atoms with Crippen molar-refractivity contribution in [1.29, 1.82) is 0 Å². The SMILES string of the molecule is CCC1CCN(CCC(=O)Nc2ccc(CN)cc2)CC1. The van der Waals surface area contributed by atoms with Crippen molar-refractivity contribution in [2.24, 2.45) is 11.7 Å². The van der Waals surface area contributed by atoms with Crippen LogP contribution in [0.4, 0.5) is 5.69 Å². The highest BCUT2D eigenvalue weighted by atomic mass is 16.1. The average Bonchev–Trinajstić information content (AvgIpc) is 2.54. The second-order valence-corrected chi connectivity index (χ2v) is 5.89. The first-order valence-electron chi connectivity index (χ1n) is 8.02. The first-order chi connectivity index (χ1) is 10.2. The number of nitrogens with two attached hydrogens (primary N) is 1. The molecule has 4 nitrogen and oxygen atoms in total. The van der Waals surface area contributed by atoms with E-state index in [9.17, 15) is 4.79 Å². The number of carbonyl (C=O) groups excluding carboxylic acids is 1. The smallest absolute Gasteiger partial charge is 0.225 e. The van der Waals surface area contributed by atoms with Crippen LogP contribution in [0.25, 0.3) is 0 Å². The Morgan fingerprint density at radius 3 is 2.52 bits per heavy atom. The van der Waals surface area contributed by atoms with Crippen LogP contribution in [0.1, 0.15) is 38.2 Å². The van der Waals surface area contributed by atoms with E-state index in [1.54, 1.807) is 0 Å². The van der Waals surface area contributed by atoms with Crippen molar-refractivity contribution in [2.75, 3.05) is 25.0 Å². The van der Waals surface area contributed by atoms with Gasteiger partial charge in [-0.25, -0.2) is 0 Å². The molecule has 2 rings (SSSR count). The molecule has 1 heterocycles. The highest BCUT2D eigenvalue weighted by Gasteiger charge is 2.18. The molecule has 0 radical (unpaired) electrons. The average molecular weight is 289 g/mol. The summed E-state index contributed by atoms with van der Waals surface area (Å²) in [6.45, 7) is 5.93. The lowest BCUT2D eigenvalue weighted by atomic mass is 9.94. The number of anilines is 1. The van der Waals surface area contributed by atoms with Gasteiger partial charge < -0.3 is 16.0 Å². The number of likely N-dealkylation sites (tertiary alicyclic amines) is 1. The minimum Gasteiger partial charge on any atom is -0.326 e. The van der Waals surface area contributed by atoms with Gasteiger partial charge in [-0.15, -0.1) is 0 Å². The van der Waals surface area contributed by atoms with Gasteiger partial charge in [0.25, 0.3) is 0 Å². The third-order valence-corrected chi connectivity index (χ3v) is 4.41. The zero-order valence-electron chi connectivity index (χ0n) is 13.0. The maximum absolute atomic E-state index is 12.0. The summed E-state index contributed by atoms with van der Waals surface area (Å²) in [5.41, 5.74) is 7.48. The Bertz CT molecular complexity index is 436. The second kappa shape index (κ2) is 8.15. The first kappa shape index (κ1) is 16.0. The lowest BCUT2D eigenvalue weighted by Crippen LogP contribution is -2.35. The maximum Gasteiger partial charge on any atom is 0.225 e. The molecule has 1 aromatic carbocycles. The zero-order valence-corrected chi connectivity index (χ0v) is 13.0. The van der Waals surface area contributed by atoms with Crippen LogP contribution in [-0.2, 0) is 11.3 Å². The first-order valence-corrected chi connectivity index (χ1v) is 8.02. The van der Waals surface area contributed by atoms with Crippen molar-refractivity contribution in [3.05, 3.63) is 29.8 Å². The largest absolute Gasteiger partial charge is 0.326 e. The quantitative estimate of drug-likeness (QED) is 0.846. The van der Waals surface area contributed by atoms with Crippen LogP contribution >= 0.6 is 0 Å². The van der Waals surface area contributed by atoms with E-state index in [4.69, 9.17) is 5.73 Å². The van der Waals surface area contributed by atoms with E-state index < -0.39 is 0 Å². The van der Waals surface area contributed by atoms with Crippen LogP contribution in [0.2, 0.25) is 0 Å². The van der Waals surface area contributed by atoms with E-state index in [0.717, 1.165) is 36.8 Å². The van der Waals surface area contributed by atoms with E-state index in [0.29, 0.717) is 13.0 Å². The molecule has 21 heavy (non-hydrogen) atoms. The van der Waals surface area contributed by atoms with Crippen molar-refractivity contribution >= 4 is 11.6 Å². The predicted octanol–water partition coefficient (Wildman–Crippen LogP) is 2.60. The van der Waals surface area contributed by atoms with Gasteiger partial charge in [-0.3, -0.25) is 4.79 Å². The van der Waals surface area contributed by atoms with Gasteiger partial charge in [0.1, 0.15) is 0 Å². The second-order valence-electron chi connectivity index (χ2n) is 5.89. The van der Waals surface area contributed by atoms with Crippen molar-refractivity contribution in [2.45, 2.75) is 39.2 Å². The van der Waals surface area contributed by atoms with E-state index in [1.165, 1.54) is 19.3 Å². The Kier molecular flexibility index (Phi) is 6.21. The molecular weight excluding hydrogens is 262 g/mol. The molecule has 1 fully saturated rings. The molecule has 0 unspecified atom stereocenters. The summed E-state index contributed by atoms with van der Waals surface area (Å²) in [6, 6.07) is 7.72. The molecule has 116 valence electrons. The minimum atomic E-state index is 0.0908.